The maximum absolute atomic E-state index is 12.8. The molecule has 2 atom stereocenters. The van der Waals surface area contributed by atoms with Crippen LogP contribution < -0.4 is 10.5 Å². The first kappa shape index (κ1) is 24.7. The zero-order chi connectivity index (χ0) is 22.9. The largest absolute Gasteiger partial charge is 0.497 e. The average Bonchev–Trinajstić information content (AvgIpc) is 2.67. The monoisotopic (exact) mass is 461 g/mol. The number of Topliss-reactive ketones (excluding diaryl/α,β-unsaturated/α-hetero) is 1. The van der Waals surface area contributed by atoms with E-state index < -0.39 is 50.9 Å². The number of hydrogen-bond acceptors (Lipinski definition) is 6. The molecule has 2 aromatic rings. The van der Waals surface area contributed by atoms with E-state index in [1.165, 1.54) is 7.11 Å². The van der Waals surface area contributed by atoms with Crippen LogP contribution >= 0.6 is 15.2 Å². The van der Waals surface area contributed by atoms with Crippen molar-refractivity contribution in [3.8, 4) is 5.75 Å². The molecule has 10 nitrogen and oxygen atoms in total. The van der Waals surface area contributed by atoms with Crippen molar-refractivity contribution in [2.75, 3.05) is 7.11 Å². The number of carbonyl (C=O) groups excluding carboxylic acids is 1. The van der Waals surface area contributed by atoms with Crippen molar-refractivity contribution in [1.29, 1.82) is 0 Å². The number of nitrogens with two attached hydrogens (primary N) is 1. The summed E-state index contributed by atoms with van der Waals surface area (Å²) in [5.41, 5.74) is 6.52. The molecule has 0 aromatic heterocycles. The lowest BCUT2D eigenvalue weighted by atomic mass is 9.88. The maximum atomic E-state index is 12.8. The van der Waals surface area contributed by atoms with E-state index >= 15 is 0 Å². The van der Waals surface area contributed by atoms with Gasteiger partial charge >= 0.3 is 15.2 Å². The molecule has 2 unspecified atom stereocenters. The minimum absolute atomic E-state index is 0.503. The zero-order valence-electron chi connectivity index (χ0n) is 16.4. The second-order valence-corrected chi connectivity index (χ2v) is 11.1. The summed E-state index contributed by atoms with van der Waals surface area (Å²) in [5.74, 6) is -0.572. The normalized spacial score (nSPS) is 15.1. The van der Waals surface area contributed by atoms with E-state index in [2.05, 4.69) is 0 Å². The number of fused-ring (bicyclic) bond motifs is 1. The summed E-state index contributed by atoms with van der Waals surface area (Å²) in [6.07, 6.45) is -1.58. The lowest BCUT2D eigenvalue weighted by molar-refractivity contribution is -0.121. The number of ketones is 1. The van der Waals surface area contributed by atoms with Crippen LogP contribution in [0.5, 0.6) is 5.75 Å². The Hall–Kier alpha value is -1.61. The topological polar surface area (TPSA) is 188 Å². The van der Waals surface area contributed by atoms with E-state index in [-0.39, 0.29) is 0 Å². The van der Waals surface area contributed by atoms with Crippen molar-refractivity contribution in [2.45, 2.75) is 36.8 Å². The fraction of sp³-hybridized carbons (Fsp3) is 0.389. The van der Waals surface area contributed by atoms with Crippen LogP contribution in [0.3, 0.4) is 0 Å². The molecule has 0 fully saturated rings. The smallest absolute Gasteiger partial charge is 0.369 e. The SMILES string of the molecule is COc1ccc2c(C(C)C(=O)C(N)CCC(O)(P(=O)(O)O)P(=O)(O)O)cccc2c1. The highest BCUT2D eigenvalue weighted by Crippen LogP contribution is 2.69. The molecule has 0 bridgehead atoms. The maximum Gasteiger partial charge on any atom is 0.369 e. The van der Waals surface area contributed by atoms with Gasteiger partial charge in [-0.25, -0.2) is 0 Å². The van der Waals surface area contributed by atoms with Crippen LogP contribution in [0.25, 0.3) is 10.8 Å². The minimum atomic E-state index is -5.60. The van der Waals surface area contributed by atoms with Gasteiger partial charge in [0.05, 0.1) is 13.2 Å². The number of hydrogen-bond donors (Lipinski definition) is 6. The van der Waals surface area contributed by atoms with Gasteiger partial charge in [-0.05, 0) is 34.9 Å². The van der Waals surface area contributed by atoms with Gasteiger partial charge in [-0.3, -0.25) is 13.9 Å². The van der Waals surface area contributed by atoms with Crippen LogP contribution in [0.15, 0.2) is 36.4 Å². The molecule has 2 rings (SSSR count). The van der Waals surface area contributed by atoms with Crippen LogP contribution in [0, 0.1) is 0 Å². The molecule has 0 saturated carbocycles. The predicted molar refractivity (Wildman–Crippen MR) is 110 cm³/mol. The molecule has 0 aliphatic rings. The molecule has 7 N–H and O–H groups in total. The first-order valence-corrected chi connectivity index (χ1v) is 12.1. The number of methoxy groups -OCH3 is 1. The zero-order valence-corrected chi connectivity index (χ0v) is 18.2. The van der Waals surface area contributed by atoms with Crippen LogP contribution in [0.1, 0.15) is 31.2 Å². The number of rotatable bonds is 9. The Morgan fingerprint density at radius 3 is 2.27 bits per heavy atom. The van der Waals surface area contributed by atoms with Gasteiger partial charge in [0.25, 0.3) is 5.08 Å². The average molecular weight is 461 g/mol. The second kappa shape index (κ2) is 8.86. The van der Waals surface area contributed by atoms with E-state index in [1.807, 2.05) is 6.07 Å². The highest BCUT2D eigenvalue weighted by atomic mass is 31.2. The van der Waals surface area contributed by atoms with E-state index in [1.54, 1.807) is 37.3 Å². The van der Waals surface area contributed by atoms with Crippen molar-refractivity contribution >= 4 is 31.7 Å². The van der Waals surface area contributed by atoms with Gasteiger partial charge in [0.2, 0.25) is 0 Å². The van der Waals surface area contributed by atoms with Crippen LogP contribution in [-0.4, -0.2) is 48.7 Å². The second-order valence-electron chi connectivity index (χ2n) is 7.07. The number of benzene rings is 2. The molecule has 12 heteroatoms. The summed E-state index contributed by atoms with van der Waals surface area (Å²) in [7, 11) is -9.67. The van der Waals surface area contributed by atoms with Crippen molar-refractivity contribution in [1.82, 2.24) is 0 Å². The van der Waals surface area contributed by atoms with E-state index in [0.29, 0.717) is 11.3 Å². The summed E-state index contributed by atoms with van der Waals surface area (Å²) in [6.45, 7) is 1.61. The molecule has 30 heavy (non-hydrogen) atoms. The molecule has 2 aromatic carbocycles. The predicted octanol–water partition coefficient (Wildman–Crippen LogP) is 1.63. The fourth-order valence-corrected chi connectivity index (χ4v) is 5.42. The molecule has 0 spiro atoms. The molecule has 0 amide bonds. The number of aliphatic hydroxyl groups is 1. The first-order chi connectivity index (χ1) is 13.7. The third kappa shape index (κ3) is 4.82. The van der Waals surface area contributed by atoms with Crippen LogP contribution in [0.2, 0.25) is 0 Å². The highest BCUT2D eigenvalue weighted by Gasteiger charge is 2.59. The summed E-state index contributed by atoms with van der Waals surface area (Å²) < 4.78 is 28.1. The lowest BCUT2D eigenvalue weighted by Crippen LogP contribution is -2.37. The summed E-state index contributed by atoms with van der Waals surface area (Å²) in [6, 6.07) is 9.37. The van der Waals surface area contributed by atoms with Crippen LogP contribution in [0.4, 0.5) is 0 Å². The van der Waals surface area contributed by atoms with Gasteiger partial charge in [0.1, 0.15) is 5.75 Å². The van der Waals surface area contributed by atoms with Gasteiger partial charge < -0.3 is 35.2 Å². The third-order valence-electron chi connectivity index (χ3n) is 5.10. The molecular weight excluding hydrogens is 436 g/mol. The van der Waals surface area contributed by atoms with Crippen LogP contribution in [-0.2, 0) is 13.9 Å². The third-order valence-corrected chi connectivity index (χ3v) is 8.98. The van der Waals surface area contributed by atoms with Gasteiger partial charge in [-0.15, -0.1) is 0 Å². The quantitative estimate of drug-likeness (QED) is 0.300. The van der Waals surface area contributed by atoms with Gasteiger partial charge in [-0.1, -0.05) is 31.2 Å². The molecule has 0 aliphatic carbocycles. The summed E-state index contributed by atoms with van der Waals surface area (Å²) in [5, 5.41) is 7.97. The Morgan fingerprint density at radius 2 is 1.73 bits per heavy atom. The van der Waals surface area contributed by atoms with Gasteiger partial charge in [-0.2, -0.15) is 0 Å². The minimum Gasteiger partial charge on any atom is -0.497 e. The Bertz CT molecular complexity index is 1010. The van der Waals surface area contributed by atoms with Crippen molar-refractivity contribution in [3.05, 3.63) is 42.0 Å². The first-order valence-electron chi connectivity index (χ1n) is 8.92. The highest BCUT2D eigenvalue weighted by molar-refractivity contribution is 7.72. The Kier molecular flexibility index (Phi) is 7.29. The Balaban J connectivity index is 2.25. The van der Waals surface area contributed by atoms with Crippen molar-refractivity contribution < 1.29 is 43.3 Å². The molecule has 0 radical (unpaired) electrons. The number of ether oxygens (including phenoxy) is 1. The lowest BCUT2D eigenvalue weighted by Gasteiger charge is -2.30. The van der Waals surface area contributed by atoms with Crippen molar-refractivity contribution in [2.24, 2.45) is 5.73 Å². The standard InChI is InChI=1S/C18H25NO9P2/c1-11(14-5-3-4-12-10-13(28-2)6-7-15(12)14)17(20)16(19)8-9-18(21,29(22,23)24)30(25,26)27/h3-7,10-11,16,21H,8-9,19H2,1-2H3,(H2,22,23,24)(H2,25,26,27). The van der Waals surface area contributed by atoms with Crippen molar-refractivity contribution in [3.63, 3.8) is 0 Å². The van der Waals surface area contributed by atoms with E-state index in [0.717, 1.165) is 10.8 Å². The Morgan fingerprint density at radius 1 is 1.13 bits per heavy atom. The molecule has 0 saturated heterocycles. The summed E-state index contributed by atoms with van der Waals surface area (Å²) in [4.78, 5) is 49.6. The Labute approximate surface area is 173 Å². The van der Waals surface area contributed by atoms with Gasteiger partial charge in [0, 0.05) is 12.3 Å². The van der Waals surface area contributed by atoms with E-state index in [9.17, 15) is 38.6 Å². The van der Waals surface area contributed by atoms with E-state index in [4.69, 9.17) is 10.5 Å². The summed E-state index contributed by atoms with van der Waals surface area (Å²) >= 11 is 0. The number of carbonyl (C=O) groups is 1. The van der Waals surface area contributed by atoms with Gasteiger partial charge in [0.15, 0.2) is 5.78 Å². The molecule has 166 valence electrons. The molecular formula is C18H25NO9P2. The molecule has 0 aliphatic heterocycles. The molecule has 0 heterocycles. The fourth-order valence-electron chi connectivity index (χ4n) is 3.22.